The molecule has 92 valence electrons. The van der Waals surface area contributed by atoms with E-state index in [1.165, 1.54) is 13.0 Å². The molecular formula is C13H16O4. The van der Waals surface area contributed by atoms with Crippen LogP contribution in [-0.2, 0) is 6.42 Å². The molecule has 4 nitrogen and oxygen atoms in total. The van der Waals surface area contributed by atoms with Crippen LogP contribution in [0.4, 0.5) is 0 Å². The first-order chi connectivity index (χ1) is 7.82. The standard InChI is InChI=1S/C13H16O4/c1-7(2)4-9-5-10(8(3)14)12(15)11(6-9)13(16)17/h5-7,15H,4H2,1-3H3,(H,16,17). The van der Waals surface area contributed by atoms with Crippen LogP contribution in [0, 0.1) is 5.92 Å². The normalized spacial score (nSPS) is 10.6. The van der Waals surface area contributed by atoms with Gasteiger partial charge in [0.25, 0.3) is 0 Å². The van der Waals surface area contributed by atoms with Crippen molar-refractivity contribution < 1.29 is 19.8 Å². The fourth-order valence-corrected chi connectivity index (χ4v) is 1.71. The zero-order chi connectivity index (χ0) is 13.2. The molecule has 1 rings (SSSR count). The monoisotopic (exact) mass is 236 g/mol. The summed E-state index contributed by atoms with van der Waals surface area (Å²) in [4.78, 5) is 22.3. The second-order valence-corrected chi connectivity index (χ2v) is 4.50. The van der Waals surface area contributed by atoms with Gasteiger partial charge in [0, 0.05) is 0 Å². The molecule has 0 aliphatic rings. The molecule has 0 fully saturated rings. The summed E-state index contributed by atoms with van der Waals surface area (Å²) >= 11 is 0. The van der Waals surface area contributed by atoms with Gasteiger partial charge in [0.1, 0.15) is 11.3 Å². The molecule has 2 N–H and O–H groups in total. The van der Waals surface area contributed by atoms with Crippen molar-refractivity contribution in [3.8, 4) is 5.75 Å². The number of benzene rings is 1. The Morgan fingerprint density at radius 1 is 1.24 bits per heavy atom. The minimum Gasteiger partial charge on any atom is -0.506 e. The van der Waals surface area contributed by atoms with Gasteiger partial charge >= 0.3 is 5.97 Å². The summed E-state index contributed by atoms with van der Waals surface area (Å²) in [6.07, 6.45) is 0.667. The van der Waals surface area contributed by atoms with Crippen molar-refractivity contribution in [2.45, 2.75) is 27.2 Å². The highest BCUT2D eigenvalue weighted by atomic mass is 16.4. The van der Waals surface area contributed by atoms with Gasteiger partial charge < -0.3 is 10.2 Å². The smallest absolute Gasteiger partial charge is 0.339 e. The molecule has 0 aromatic heterocycles. The molecule has 1 aromatic rings. The predicted molar refractivity (Wildman–Crippen MR) is 63.6 cm³/mol. The lowest BCUT2D eigenvalue weighted by Gasteiger charge is -2.10. The fourth-order valence-electron chi connectivity index (χ4n) is 1.71. The number of carbonyl (C=O) groups is 2. The first-order valence-corrected chi connectivity index (χ1v) is 5.43. The van der Waals surface area contributed by atoms with Crippen LogP contribution in [0.15, 0.2) is 12.1 Å². The number of Topliss-reactive ketones (excluding diaryl/α,β-unsaturated/α-hetero) is 1. The van der Waals surface area contributed by atoms with Crippen molar-refractivity contribution in [1.82, 2.24) is 0 Å². The number of aromatic hydroxyl groups is 1. The van der Waals surface area contributed by atoms with Crippen LogP contribution in [0.2, 0.25) is 0 Å². The molecular weight excluding hydrogens is 220 g/mol. The Bertz CT molecular complexity index is 425. The zero-order valence-electron chi connectivity index (χ0n) is 10.2. The van der Waals surface area contributed by atoms with Crippen molar-refractivity contribution >= 4 is 11.8 Å². The molecule has 0 aliphatic heterocycles. The molecule has 0 aliphatic carbocycles. The molecule has 0 heterocycles. The van der Waals surface area contributed by atoms with E-state index in [0.29, 0.717) is 12.3 Å². The maximum atomic E-state index is 11.3. The number of hydrogen-bond acceptors (Lipinski definition) is 3. The number of aromatic carboxylic acids is 1. The van der Waals surface area contributed by atoms with Gasteiger partial charge in [-0.15, -0.1) is 0 Å². The number of carboxylic acid groups (broad SMARTS) is 1. The van der Waals surface area contributed by atoms with Gasteiger partial charge in [-0.1, -0.05) is 13.8 Å². The summed E-state index contributed by atoms with van der Waals surface area (Å²) in [5.41, 5.74) is 0.606. The van der Waals surface area contributed by atoms with E-state index in [4.69, 9.17) is 5.11 Å². The first-order valence-electron chi connectivity index (χ1n) is 5.43. The quantitative estimate of drug-likeness (QED) is 0.787. The van der Waals surface area contributed by atoms with Gasteiger partial charge in [0.05, 0.1) is 5.56 Å². The van der Waals surface area contributed by atoms with E-state index < -0.39 is 11.7 Å². The van der Waals surface area contributed by atoms with E-state index in [9.17, 15) is 14.7 Å². The average Bonchev–Trinajstić information content (AvgIpc) is 2.18. The summed E-state index contributed by atoms with van der Waals surface area (Å²) in [7, 11) is 0. The van der Waals surface area contributed by atoms with E-state index in [2.05, 4.69) is 0 Å². The molecule has 0 saturated heterocycles. The maximum Gasteiger partial charge on any atom is 0.339 e. The molecule has 17 heavy (non-hydrogen) atoms. The largest absolute Gasteiger partial charge is 0.506 e. The number of carboxylic acids is 1. The number of carbonyl (C=O) groups excluding carboxylic acids is 1. The van der Waals surface area contributed by atoms with Crippen molar-refractivity contribution in [2.24, 2.45) is 5.92 Å². The SMILES string of the molecule is CC(=O)c1cc(CC(C)C)cc(C(=O)O)c1O. The van der Waals surface area contributed by atoms with Gasteiger partial charge in [-0.3, -0.25) is 4.79 Å². The Labute approximate surface area is 99.9 Å². The molecule has 0 bridgehead atoms. The molecule has 0 saturated carbocycles. The third kappa shape index (κ3) is 3.06. The number of phenols is 1. The summed E-state index contributed by atoms with van der Waals surface area (Å²) in [5.74, 6) is -1.66. The summed E-state index contributed by atoms with van der Waals surface area (Å²) in [6.45, 7) is 5.31. The molecule has 0 unspecified atom stereocenters. The van der Waals surface area contributed by atoms with Crippen LogP contribution >= 0.6 is 0 Å². The third-order valence-electron chi connectivity index (χ3n) is 2.42. The lowest BCUT2D eigenvalue weighted by atomic mass is 9.96. The fraction of sp³-hybridized carbons (Fsp3) is 0.385. The number of ketones is 1. The van der Waals surface area contributed by atoms with Crippen molar-refractivity contribution in [1.29, 1.82) is 0 Å². The van der Waals surface area contributed by atoms with Crippen molar-refractivity contribution in [3.05, 3.63) is 28.8 Å². The Kier molecular flexibility index (Phi) is 3.89. The zero-order valence-corrected chi connectivity index (χ0v) is 10.2. The Morgan fingerprint density at radius 2 is 1.76 bits per heavy atom. The molecule has 0 spiro atoms. The Balaban J connectivity index is 3.36. The van der Waals surface area contributed by atoms with Crippen LogP contribution in [0.25, 0.3) is 0 Å². The van der Waals surface area contributed by atoms with Crippen molar-refractivity contribution in [2.75, 3.05) is 0 Å². The summed E-state index contributed by atoms with van der Waals surface area (Å²) in [5, 5.41) is 18.6. The first kappa shape index (κ1) is 13.2. The van der Waals surface area contributed by atoms with Gasteiger partial charge in [-0.25, -0.2) is 4.79 Å². The van der Waals surface area contributed by atoms with Gasteiger partial charge in [0.15, 0.2) is 5.78 Å². The highest BCUT2D eigenvalue weighted by Gasteiger charge is 2.18. The van der Waals surface area contributed by atoms with Crippen LogP contribution in [0.3, 0.4) is 0 Å². The van der Waals surface area contributed by atoms with Crippen molar-refractivity contribution in [3.63, 3.8) is 0 Å². The Morgan fingerprint density at radius 3 is 2.18 bits per heavy atom. The van der Waals surface area contributed by atoms with Gasteiger partial charge in [0.2, 0.25) is 0 Å². The van der Waals surface area contributed by atoms with E-state index in [0.717, 1.165) is 5.56 Å². The van der Waals surface area contributed by atoms with E-state index in [-0.39, 0.29) is 16.9 Å². The lowest BCUT2D eigenvalue weighted by Crippen LogP contribution is -2.05. The number of rotatable bonds is 4. The van der Waals surface area contributed by atoms with E-state index >= 15 is 0 Å². The Hall–Kier alpha value is -1.84. The maximum absolute atomic E-state index is 11.3. The van der Waals surface area contributed by atoms with Crippen LogP contribution in [0.5, 0.6) is 5.75 Å². The lowest BCUT2D eigenvalue weighted by molar-refractivity contribution is 0.0693. The second kappa shape index (κ2) is 4.99. The van der Waals surface area contributed by atoms with Crippen LogP contribution in [-0.4, -0.2) is 22.0 Å². The number of hydrogen-bond donors (Lipinski definition) is 2. The second-order valence-electron chi connectivity index (χ2n) is 4.50. The minimum absolute atomic E-state index is 0.0700. The van der Waals surface area contributed by atoms with Crippen LogP contribution < -0.4 is 0 Å². The minimum atomic E-state index is -1.23. The van der Waals surface area contributed by atoms with Crippen LogP contribution in [0.1, 0.15) is 47.1 Å². The summed E-state index contributed by atoms with van der Waals surface area (Å²) in [6, 6.07) is 2.98. The molecule has 0 amide bonds. The molecule has 4 heteroatoms. The molecule has 1 aromatic carbocycles. The van der Waals surface area contributed by atoms with E-state index in [1.54, 1.807) is 6.07 Å². The predicted octanol–water partition coefficient (Wildman–Crippen LogP) is 2.49. The van der Waals surface area contributed by atoms with Gasteiger partial charge in [-0.2, -0.15) is 0 Å². The molecule has 0 atom stereocenters. The third-order valence-corrected chi connectivity index (χ3v) is 2.42. The van der Waals surface area contributed by atoms with E-state index in [1.807, 2.05) is 13.8 Å². The average molecular weight is 236 g/mol. The topological polar surface area (TPSA) is 74.6 Å². The highest BCUT2D eigenvalue weighted by molar-refractivity contribution is 6.02. The molecule has 0 radical (unpaired) electrons. The van der Waals surface area contributed by atoms with Gasteiger partial charge in [-0.05, 0) is 37.0 Å². The highest BCUT2D eigenvalue weighted by Crippen LogP contribution is 2.26. The summed E-state index contributed by atoms with van der Waals surface area (Å²) < 4.78 is 0.